The van der Waals surface area contributed by atoms with Crippen molar-refractivity contribution in [3.8, 4) is 0 Å². The van der Waals surface area contributed by atoms with Gasteiger partial charge in [0.05, 0.1) is 17.9 Å². The van der Waals surface area contributed by atoms with Crippen LogP contribution in [0.5, 0.6) is 0 Å². The summed E-state index contributed by atoms with van der Waals surface area (Å²) in [5, 5.41) is 0. The number of thiazole rings is 1. The van der Waals surface area contributed by atoms with E-state index in [4.69, 9.17) is 5.73 Å². The molecular weight excluding hydrogens is 282 g/mol. The number of thioether (sulfide) groups is 1. The number of aromatic nitrogens is 1. The van der Waals surface area contributed by atoms with Crippen LogP contribution in [0.2, 0.25) is 0 Å². The first-order chi connectivity index (χ1) is 9.06. The minimum atomic E-state index is -0.351. The molecule has 5 nitrogen and oxygen atoms in total. The van der Waals surface area contributed by atoms with Crippen molar-refractivity contribution in [2.24, 2.45) is 5.73 Å². The average Bonchev–Trinajstić information content (AvgIpc) is 2.96. The van der Waals surface area contributed by atoms with Gasteiger partial charge in [-0.05, 0) is 19.8 Å². The van der Waals surface area contributed by atoms with E-state index in [1.165, 1.54) is 23.1 Å². The number of hydrogen-bond donors (Lipinski definition) is 1. The van der Waals surface area contributed by atoms with Gasteiger partial charge in [-0.25, -0.2) is 4.98 Å². The van der Waals surface area contributed by atoms with E-state index in [1.807, 2.05) is 11.8 Å². The van der Waals surface area contributed by atoms with Gasteiger partial charge in [0, 0.05) is 18.0 Å². The third kappa shape index (κ3) is 3.94. The predicted octanol–water partition coefficient (Wildman–Crippen LogP) is 1.19. The lowest BCUT2D eigenvalue weighted by molar-refractivity contribution is -0.127. The van der Waals surface area contributed by atoms with E-state index in [0.717, 1.165) is 40.8 Å². The highest BCUT2D eigenvalue weighted by Crippen LogP contribution is 2.28. The molecule has 1 aromatic rings. The number of likely N-dealkylation sites (tertiary alicyclic amines) is 1. The maximum atomic E-state index is 11.9. The van der Waals surface area contributed by atoms with Crippen molar-refractivity contribution in [2.45, 2.75) is 30.5 Å². The summed E-state index contributed by atoms with van der Waals surface area (Å²) in [5.74, 6) is 0.242. The van der Waals surface area contributed by atoms with Gasteiger partial charge in [-0.3, -0.25) is 9.59 Å². The molecule has 0 spiro atoms. The van der Waals surface area contributed by atoms with Crippen molar-refractivity contribution in [2.75, 3.05) is 18.8 Å². The second-order valence-corrected chi connectivity index (χ2v) is 6.81. The summed E-state index contributed by atoms with van der Waals surface area (Å²) < 4.78 is 0.835. The topological polar surface area (TPSA) is 76.3 Å². The van der Waals surface area contributed by atoms with Gasteiger partial charge in [-0.15, -0.1) is 11.3 Å². The zero-order chi connectivity index (χ0) is 13.8. The Balaban J connectivity index is 1.88. The van der Waals surface area contributed by atoms with Crippen LogP contribution in [0.3, 0.4) is 0 Å². The summed E-state index contributed by atoms with van der Waals surface area (Å²) in [7, 11) is 0. The van der Waals surface area contributed by atoms with Crippen LogP contribution >= 0.6 is 23.1 Å². The number of carbonyl (C=O) groups is 2. The standard InChI is InChI=1S/C12H17N3O2S2/c1-8-9(6-10(13)16)19-12(14-8)18-7-11(17)15-4-2-3-5-15/h2-7H2,1H3,(H2,13,16). The number of aryl methyl sites for hydroxylation is 1. The molecule has 1 fully saturated rings. The molecule has 104 valence electrons. The van der Waals surface area contributed by atoms with Crippen molar-refractivity contribution >= 4 is 34.9 Å². The third-order valence-electron chi connectivity index (χ3n) is 2.99. The van der Waals surface area contributed by atoms with Crippen LogP contribution in [0.1, 0.15) is 23.4 Å². The van der Waals surface area contributed by atoms with E-state index in [1.54, 1.807) is 0 Å². The number of rotatable bonds is 5. The van der Waals surface area contributed by atoms with E-state index in [9.17, 15) is 9.59 Å². The van der Waals surface area contributed by atoms with Crippen molar-refractivity contribution in [1.82, 2.24) is 9.88 Å². The van der Waals surface area contributed by atoms with Gasteiger partial charge in [-0.2, -0.15) is 0 Å². The molecule has 0 radical (unpaired) electrons. The first-order valence-electron chi connectivity index (χ1n) is 6.21. The van der Waals surface area contributed by atoms with Gasteiger partial charge >= 0.3 is 0 Å². The molecule has 0 aromatic carbocycles. The summed E-state index contributed by atoms with van der Waals surface area (Å²) in [6, 6.07) is 0. The van der Waals surface area contributed by atoms with Crippen molar-refractivity contribution in [3.05, 3.63) is 10.6 Å². The Labute approximate surface area is 120 Å². The summed E-state index contributed by atoms with van der Waals surface area (Å²) in [5.41, 5.74) is 6.01. The maximum Gasteiger partial charge on any atom is 0.233 e. The second kappa shape index (κ2) is 6.38. The lowest BCUT2D eigenvalue weighted by Crippen LogP contribution is -2.29. The van der Waals surface area contributed by atoms with Gasteiger partial charge in [0.25, 0.3) is 0 Å². The minimum Gasteiger partial charge on any atom is -0.369 e. The van der Waals surface area contributed by atoms with E-state index >= 15 is 0 Å². The monoisotopic (exact) mass is 299 g/mol. The van der Waals surface area contributed by atoms with Crippen molar-refractivity contribution in [1.29, 1.82) is 0 Å². The normalized spacial score (nSPS) is 14.9. The number of amides is 2. The number of nitrogens with two attached hydrogens (primary N) is 1. The Kier molecular flexibility index (Phi) is 4.81. The molecule has 19 heavy (non-hydrogen) atoms. The fourth-order valence-corrected chi connectivity index (χ4v) is 4.11. The fraction of sp³-hybridized carbons (Fsp3) is 0.583. The highest BCUT2D eigenvalue weighted by atomic mass is 32.2. The lowest BCUT2D eigenvalue weighted by atomic mass is 10.3. The van der Waals surface area contributed by atoms with Crippen LogP contribution < -0.4 is 5.73 Å². The summed E-state index contributed by atoms with van der Waals surface area (Å²) >= 11 is 2.89. The van der Waals surface area contributed by atoms with Crippen molar-refractivity contribution in [3.63, 3.8) is 0 Å². The molecule has 0 unspecified atom stereocenters. The van der Waals surface area contributed by atoms with Crippen LogP contribution in [-0.2, 0) is 16.0 Å². The molecular formula is C12H17N3O2S2. The Hall–Kier alpha value is -1.08. The molecule has 1 aliphatic heterocycles. The number of nitrogens with zero attached hydrogens (tertiary/aromatic N) is 2. The first-order valence-corrected chi connectivity index (χ1v) is 8.01. The van der Waals surface area contributed by atoms with E-state index in [2.05, 4.69) is 4.98 Å². The lowest BCUT2D eigenvalue weighted by Gasteiger charge is -2.13. The van der Waals surface area contributed by atoms with E-state index in [0.29, 0.717) is 5.75 Å². The Bertz CT molecular complexity index is 481. The minimum absolute atomic E-state index is 0.173. The first kappa shape index (κ1) is 14.3. The molecule has 2 amide bonds. The molecule has 0 atom stereocenters. The van der Waals surface area contributed by atoms with Gasteiger partial charge in [0.2, 0.25) is 11.8 Å². The Morgan fingerprint density at radius 2 is 2.11 bits per heavy atom. The van der Waals surface area contributed by atoms with Crippen LogP contribution in [-0.4, -0.2) is 40.5 Å². The number of carbonyl (C=O) groups excluding carboxylic acids is 2. The molecule has 1 aromatic heterocycles. The molecule has 7 heteroatoms. The van der Waals surface area contributed by atoms with E-state index < -0.39 is 0 Å². The molecule has 1 aliphatic rings. The van der Waals surface area contributed by atoms with Crippen LogP contribution in [0.4, 0.5) is 0 Å². The second-order valence-electron chi connectivity index (χ2n) is 4.51. The third-order valence-corrected chi connectivity index (χ3v) is 5.27. The summed E-state index contributed by atoms with van der Waals surface area (Å²) in [4.78, 5) is 30.0. The zero-order valence-electron chi connectivity index (χ0n) is 10.8. The molecule has 2 N–H and O–H groups in total. The highest BCUT2D eigenvalue weighted by Gasteiger charge is 2.19. The largest absolute Gasteiger partial charge is 0.369 e. The van der Waals surface area contributed by atoms with Gasteiger partial charge in [0.1, 0.15) is 0 Å². The fourth-order valence-electron chi connectivity index (χ4n) is 1.97. The Morgan fingerprint density at radius 1 is 1.42 bits per heavy atom. The number of primary amides is 1. The molecule has 0 aliphatic carbocycles. The molecule has 1 saturated heterocycles. The zero-order valence-corrected chi connectivity index (χ0v) is 12.5. The summed E-state index contributed by atoms with van der Waals surface area (Å²) in [6.07, 6.45) is 2.44. The SMILES string of the molecule is Cc1nc(SCC(=O)N2CCCC2)sc1CC(N)=O. The van der Waals surface area contributed by atoms with Crippen LogP contribution in [0, 0.1) is 6.92 Å². The summed E-state index contributed by atoms with van der Waals surface area (Å²) in [6.45, 7) is 3.62. The average molecular weight is 299 g/mol. The van der Waals surface area contributed by atoms with Gasteiger partial charge < -0.3 is 10.6 Å². The molecule has 0 saturated carbocycles. The predicted molar refractivity (Wildman–Crippen MR) is 76.3 cm³/mol. The smallest absolute Gasteiger partial charge is 0.233 e. The van der Waals surface area contributed by atoms with Gasteiger partial charge in [0.15, 0.2) is 4.34 Å². The van der Waals surface area contributed by atoms with E-state index in [-0.39, 0.29) is 18.2 Å². The van der Waals surface area contributed by atoms with Crippen LogP contribution in [0.15, 0.2) is 4.34 Å². The molecule has 2 heterocycles. The van der Waals surface area contributed by atoms with Gasteiger partial charge in [-0.1, -0.05) is 11.8 Å². The maximum absolute atomic E-state index is 11.9. The molecule has 0 bridgehead atoms. The highest BCUT2D eigenvalue weighted by molar-refractivity contribution is 8.01. The van der Waals surface area contributed by atoms with Crippen molar-refractivity contribution < 1.29 is 9.59 Å². The quantitative estimate of drug-likeness (QED) is 0.829. The number of hydrogen-bond acceptors (Lipinski definition) is 5. The Morgan fingerprint density at radius 3 is 2.74 bits per heavy atom. The van der Waals surface area contributed by atoms with Crippen LogP contribution in [0.25, 0.3) is 0 Å². The molecule has 2 rings (SSSR count).